The lowest BCUT2D eigenvalue weighted by Crippen LogP contribution is -2.41. The van der Waals surface area contributed by atoms with Crippen molar-refractivity contribution >= 4 is 35.4 Å². The molecule has 1 saturated heterocycles. The average Bonchev–Trinajstić information content (AvgIpc) is 3.92. The van der Waals surface area contributed by atoms with E-state index in [1.807, 2.05) is 47.8 Å². The van der Waals surface area contributed by atoms with Gasteiger partial charge in [0.05, 0.1) is 36.6 Å². The van der Waals surface area contributed by atoms with Gasteiger partial charge in [-0.1, -0.05) is 30.7 Å². The van der Waals surface area contributed by atoms with Crippen molar-refractivity contribution in [3.63, 3.8) is 0 Å². The van der Waals surface area contributed by atoms with E-state index in [2.05, 4.69) is 35.4 Å². The molecule has 3 aromatic rings. The number of nitrogens with zero attached hydrogens (tertiary/aromatic N) is 4. The number of hydrogen-bond donors (Lipinski definition) is 1. The zero-order valence-electron chi connectivity index (χ0n) is 26.1. The Hall–Kier alpha value is -3.85. The molecule has 2 atom stereocenters. The van der Waals surface area contributed by atoms with Gasteiger partial charge in [0.15, 0.2) is 0 Å². The number of piperidine rings is 1. The third-order valence-electron chi connectivity index (χ3n) is 10.1. The summed E-state index contributed by atoms with van der Waals surface area (Å²) < 4.78 is 13.4. The van der Waals surface area contributed by atoms with E-state index in [1.54, 1.807) is 12.5 Å². The number of imidazole rings is 1. The fourth-order valence-corrected chi connectivity index (χ4v) is 6.85. The number of carbonyl (C=O) groups is 2. The quantitative estimate of drug-likeness (QED) is 0.299. The van der Waals surface area contributed by atoms with Gasteiger partial charge in [0.1, 0.15) is 5.60 Å². The summed E-state index contributed by atoms with van der Waals surface area (Å²) in [6.07, 6.45) is 12.4. The molecule has 3 heterocycles. The smallest absolute Gasteiger partial charge is 0.409 e. The van der Waals surface area contributed by atoms with Crippen molar-refractivity contribution in [1.82, 2.24) is 24.8 Å². The number of rotatable bonds is 7. The minimum absolute atomic E-state index is 0.0322. The van der Waals surface area contributed by atoms with E-state index in [4.69, 9.17) is 26.1 Å². The topological polar surface area (TPSA) is 98.6 Å². The lowest BCUT2D eigenvalue weighted by molar-refractivity contribution is 0.0723. The van der Waals surface area contributed by atoms with Crippen LogP contribution in [0, 0.1) is 11.3 Å². The van der Waals surface area contributed by atoms with Crippen LogP contribution in [0.5, 0.6) is 0 Å². The lowest BCUT2D eigenvalue weighted by atomic mass is 9.75. The van der Waals surface area contributed by atoms with Crippen LogP contribution in [0.15, 0.2) is 49.1 Å². The molecule has 45 heavy (non-hydrogen) atoms. The van der Waals surface area contributed by atoms with Crippen LogP contribution in [0.25, 0.3) is 11.6 Å². The Bertz CT molecular complexity index is 1650. The summed E-state index contributed by atoms with van der Waals surface area (Å²) in [5.41, 5.74) is 5.47. The predicted molar refractivity (Wildman–Crippen MR) is 172 cm³/mol. The first-order valence-electron chi connectivity index (χ1n) is 16.0. The molecule has 0 bridgehead atoms. The highest BCUT2D eigenvalue weighted by Gasteiger charge is 2.43. The Morgan fingerprint density at radius 2 is 1.91 bits per heavy atom. The molecule has 3 fully saturated rings. The number of carbonyl (C=O) groups excluding carboxylic acids is 2. The van der Waals surface area contributed by atoms with Gasteiger partial charge < -0.3 is 24.3 Å². The SMILES string of the molecule is Cn1cncc1C(NC(=O)OC1(C)CC1)C1=Cc2cccnc2C(C2CCN(C(=O)OCC3(C)CC3)CC2)c2ccc(Cl)cc21. The number of nitrogens with one attached hydrogen (secondary N) is 1. The number of alkyl carbamates (subject to hydrolysis) is 1. The number of benzene rings is 1. The fourth-order valence-electron chi connectivity index (χ4n) is 6.68. The number of halogens is 1. The van der Waals surface area contributed by atoms with E-state index in [-0.39, 0.29) is 23.3 Å². The highest BCUT2D eigenvalue weighted by molar-refractivity contribution is 6.30. The van der Waals surface area contributed by atoms with Gasteiger partial charge in [0, 0.05) is 42.7 Å². The highest BCUT2D eigenvalue weighted by atomic mass is 35.5. The lowest BCUT2D eigenvalue weighted by Gasteiger charge is -2.36. The molecule has 236 valence electrons. The number of pyridine rings is 1. The third kappa shape index (κ3) is 6.19. The Morgan fingerprint density at radius 1 is 1.13 bits per heavy atom. The van der Waals surface area contributed by atoms with Gasteiger partial charge in [0.2, 0.25) is 0 Å². The predicted octanol–water partition coefficient (Wildman–Crippen LogP) is 7.12. The summed E-state index contributed by atoms with van der Waals surface area (Å²) in [4.78, 5) is 37.4. The molecule has 0 radical (unpaired) electrons. The molecule has 4 aliphatic rings. The van der Waals surface area contributed by atoms with Crippen molar-refractivity contribution in [2.45, 2.75) is 69.9 Å². The van der Waals surface area contributed by atoms with Gasteiger partial charge in [-0.15, -0.1) is 0 Å². The second kappa shape index (κ2) is 11.5. The number of fused-ring (bicyclic) bond motifs is 2. The van der Waals surface area contributed by atoms with E-state index in [0.29, 0.717) is 24.7 Å². The second-order valence-corrected chi connectivity index (χ2v) is 14.3. The number of aromatic nitrogens is 3. The maximum absolute atomic E-state index is 13.3. The summed E-state index contributed by atoms with van der Waals surface area (Å²) in [6, 6.07) is 9.49. The molecule has 2 saturated carbocycles. The maximum atomic E-state index is 13.3. The van der Waals surface area contributed by atoms with Crippen molar-refractivity contribution in [3.8, 4) is 0 Å². The molecular weight excluding hydrogens is 590 g/mol. The summed E-state index contributed by atoms with van der Waals surface area (Å²) in [5, 5.41) is 3.78. The number of likely N-dealkylation sites (tertiary alicyclic amines) is 1. The van der Waals surface area contributed by atoms with Crippen LogP contribution in [0.1, 0.15) is 92.4 Å². The van der Waals surface area contributed by atoms with Crippen molar-refractivity contribution in [2.75, 3.05) is 19.7 Å². The molecule has 2 aromatic heterocycles. The Morgan fingerprint density at radius 3 is 2.60 bits per heavy atom. The van der Waals surface area contributed by atoms with Crippen LogP contribution in [0.2, 0.25) is 5.02 Å². The molecule has 1 aromatic carbocycles. The Kier molecular flexibility index (Phi) is 7.63. The van der Waals surface area contributed by atoms with E-state index in [0.717, 1.165) is 72.2 Å². The van der Waals surface area contributed by atoms with Gasteiger partial charge in [-0.3, -0.25) is 4.98 Å². The average molecular weight is 630 g/mol. The van der Waals surface area contributed by atoms with E-state index < -0.39 is 17.7 Å². The third-order valence-corrected chi connectivity index (χ3v) is 10.3. The minimum atomic E-state index is -0.554. The zero-order chi connectivity index (χ0) is 31.3. The molecule has 1 aliphatic heterocycles. The normalized spacial score (nSPS) is 21.8. The first kappa shape index (κ1) is 29.8. The zero-order valence-corrected chi connectivity index (χ0v) is 26.8. The van der Waals surface area contributed by atoms with Crippen molar-refractivity contribution in [3.05, 3.63) is 82.2 Å². The number of hydrogen-bond acceptors (Lipinski definition) is 6. The minimum Gasteiger partial charge on any atom is -0.449 e. The fraction of sp³-hybridized carbons (Fsp3) is 0.486. The molecule has 0 spiro atoms. The van der Waals surface area contributed by atoms with Crippen LogP contribution in [0.3, 0.4) is 0 Å². The van der Waals surface area contributed by atoms with E-state index in [1.165, 1.54) is 0 Å². The second-order valence-electron chi connectivity index (χ2n) is 13.8. The summed E-state index contributed by atoms with van der Waals surface area (Å²) in [6.45, 7) is 5.88. The molecule has 1 N–H and O–H groups in total. The van der Waals surface area contributed by atoms with Crippen LogP contribution >= 0.6 is 11.6 Å². The summed E-state index contributed by atoms with van der Waals surface area (Å²) in [7, 11) is 1.92. The van der Waals surface area contributed by atoms with Gasteiger partial charge in [-0.25, -0.2) is 14.6 Å². The van der Waals surface area contributed by atoms with E-state index >= 15 is 0 Å². The van der Waals surface area contributed by atoms with Crippen LogP contribution < -0.4 is 5.32 Å². The number of aryl methyl sites for hydroxylation is 1. The van der Waals surface area contributed by atoms with Gasteiger partial charge in [-0.05, 0) is 97.9 Å². The molecule has 7 rings (SSSR count). The Balaban J connectivity index is 1.23. The Labute approximate surface area is 269 Å². The number of amides is 2. The maximum Gasteiger partial charge on any atom is 0.409 e. The van der Waals surface area contributed by atoms with Crippen LogP contribution in [0.4, 0.5) is 9.59 Å². The highest BCUT2D eigenvalue weighted by Crippen LogP contribution is 2.48. The molecular formula is C35H40ClN5O4. The van der Waals surface area contributed by atoms with Crippen molar-refractivity contribution < 1.29 is 19.1 Å². The molecule has 10 heteroatoms. The monoisotopic (exact) mass is 629 g/mol. The van der Waals surface area contributed by atoms with Gasteiger partial charge >= 0.3 is 12.2 Å². The number of ether oxygens (including phenoxy) is 2. The molecule has 2 unspecified atom stereocenters. The van der Waals surface area contributed by atoms with Crippen molar-refractivity contribution in [1.29, 1.82) is 0 Å². The van der Waals surface area contributed by atoms with E-state index in [9.17, 15) is 9.59 Å². The van der Waals surface area contributed by atoms with Crippen LogP contribution in [-0.2, 0) is 16.5 Å². The summed E-state index contributed by atoms with van der Waals surface area (Å²) in [5.74, 6) is 0.203. The largest absolute Gasteiger partial charge is 0.449 e. The summed E-state index contributed by atoms with van der Waals surface area (Å²) >= 11 is 6.69. The molecule has 3 aliphatic carbocycles. The first-order valence-corrected chi connectivity index (χ1v) is 16.3. The van der Waals surface area contributed by atoms with Crippen molar-refractivity contribution in [2.24, 2.45) is 18.4 Å². The standard InChI is InChI=1S/C35H40ClN5O4/c1-34(10-11-34)20-44-33(43)41-15-8-22(9-16-41)29-25-7-6-24(36)18-26(25)27(17-23-5-4-14-38-30(23)29)31(28-19-37-21-40(28)3)39-32(42)45-35(2)12-13-35/h4-7,14,17-19,21-22,29,31H,8-13,15-16,20H2,1-3H3,(H,39,42). The molecule has 2 amide bonds. The first-order chi connectivity index (χ1) is 21.6. The van der Waals surface area contributed by atoms with Gasteiger partial charge in [-0.2, -0.15) is 0 Å². The van der Waals surface area contributed by atoms with Crippen LogP contribution in [-0.4, -0.2) is 56.9 Å². The van der Waals surface area contributed by atoms with Gasteiger partial charge in [0.25, 0.3) is 0 Å². The molecule has 9 nitrogen and oxygen atoms in total.